The van der Waals surface area contributed by atoms with Crippen molar-refractivity contribution >= 4 is 16.5 Å². The molecule has 0 amide bonds. The first-order valence-electron chi connectivity index (χ1n) is 6.10. The van der Waals surface area contributed by atoms with Crippen molar-refractivity contribution in [3.63, 3.8) is 0 Å². The van der Waals surface area contributed by atoms with Crippen molar-refractivity contribution in [2.75, 3.05) is 25.7 Å². The summed E-state index contributed by atoms with van der Waals surface area (Å²) in [5.41, 5.74) is 1.15. The molecule has 0 bridgehead atoms. The predicted octanol–water partition coefficient (Wildman–Crippen LogP) is 1.87. The smallest absolute Gasteiger partial charge is 0.185 e. The Bertz CT molecular complexity index is 351. The molecule has 1 aromatic heterocycles. The van der Waals surface area contributed by atoms with Gasteiger partial charge in [-0.1, -0.05) is 0 Å². The van der Waals surface area contributed by atoms with E-state index in [-0.39, 0.29) is 0 Å². The van der Waals surface area contributed by atoms with Gasteiger partial charge in [-0.25, -0.2) is 4.98 Å². The van der Waals surface area contributed by atoms with Crippen LogP contribution in [0.4, 0.5) is 5.13 Å². The number of anilines is 1. The van der Waals surface area contributed by atoms with Gasteiger partial charge in [-0.05, 0) is 19.8 Å². The summed E-state index contributed by atoms with van der Waals surface area (Å²) in [5.74, 6) is 0. The fourth-order valence-electron chi connectivity index (χ4n) is 1.62. The fourth-order valence-corrected chi connectivity index (χ4v) is 2.51. The van der Waals surface area contributed by atoms with Crippen LogP contribution in [-0.2, 0) is 11.3 Å². The number of ether oxygens (including phenoxy) is 1. The first-order chi connectivity index (χ1) is 8.20. The first-order valence-corrected chi connectivity index (χ1v) is 6.98. The Morgan fingerprint density at radius 3 is 3.06 bits per heavy atom. The average molecular weight is 255 g/mol. The van der Waals surface area contributed by atoms with Gasteiger partial charge >= 0.3 is 0 Å². The van der Waals surface area contributed by atoms with E-state index in [0.29, 0.717) is 6.04 Å². The number of methoxy groups -OCH3 is 1. The molecule has 0 saturated heterocycles. The Morgan fingerprint density at radius 2 is 2.41 bits per heavy atom. The molecule has 0 aliphatic heterocycles. The van der Waals surface area contributed by atoms with Gasteiger partial charge in [0.15, 0.2) is 5.13 Å². The number of rotatable bonds is 7. The molecule has 0 spiro atoms. The van der Waals surface area contributed by atoms with E-state index in [1.807, 2.05) is 0 Å². The van der Waals surface area contributed by atoms with Crippen molar-refractivity contribution in [2.45, 2.75) is 38.4 Å². The maximum atomic E-state index is 5.16. The summed E-state index contributed by atoms with van der Waals surface area (Å²) in [4.78, 5) is 6.82. The number of likely N-dealkylation sites (N-methyl/N-ethyl adjacent to an activating group) is 1. The van der Waals surface area contributed by atoms with Crippen LogP contribution in [0.3, 0.4) is 0 Å². The normalized spacial score (nSPS) is 17.1. The molecule has 1 unspecified atom stereocenters. The molecule has 1 atom stereocenters. The van der Waals surface area contributed by atoms with E-state index in [1.165, 1.54) is 12.8 Å². The van der Waals surface area contributed by atoms with Gasteiger partial charge in [-0.2, -0.15) is 0 Å². The lowest BCUT2D eigenvalue weighted by Gasteiger charge is -2.23. The molecule has 1 heterocycles. The van der Waals surface area contributed by atoms with E-state index < -0.39 is 0 Å². The van der Waals surface area contributed by atoms with E-state index in [4.69, 9.17) is 4.74 Å². The van der Waals surface area contributed by atoms with Crippen LogP contribution in [0, 0.1) is 0 Å². The number of hydrogen-bond donors (Lipinski definition) is 1. The third-order valence-electron chi connectivity index (χ3n) is 3.06. The average Bonchev–Trinajstić information content (AvgIpc) is 3.03. The summed E-state index contributed by atoms with van der Waals surface area (Å²) < 4.78 is 5.16. The number of nitrogens with zero attached hydrogens (tertiary/aromatic N) is 2. The van der Waals surface area contributed by atoms with E-state index in [1.54, 1.807) is 18.4 Å². The summed E-state index contributed by atoms with van der Waals surface area (Å²) in [6.45, 7) is 3.77. The zero-order valence-electron chi connectivity index (χ0n) is 10.8. The SMILES string of the molecule is COCC(C)N(C)c1nc(CNC2CC2)cs1. The van der Waals surface area contributed by atoms with Gasteiger partial charge in [-0.3, -0.25) is 0 Å². The molecule has 1 aliphatic rings. The Hall–Kier alpha value is -0.650. The molecule has 4 nitrogen and oxygen atoms in total. The van der Waals surface area contributed by atoms with Gasteiger partial charge in [0, 0.05) is 32.1 Å². The van der Waals surface area contributed by atoms with Crippen LogP contribution in [-0.4, -0.2) is 37.8 Å². The maximum absolute atomic E-state index is 5.16. The monoisotopic (exact) mass is 255 g/mol. The standard InChI is InChI=1S/C12H21N3OS/c1-9(7-16-3)15(2)12-14-11(8-17-12)6-13-10-4-5-10/h8-10,13H,4-7H2,1-3H3. The van der Waals surface area contributed by atoms with Crippen LogP contribution in [0.2, 0.25) is 0 Å². The van der Waals surface area contributed by atoms with Crippen LogP contribution in [0.15, 0.2) is 5.38 Å². The quantitative estimate of drug-likeness (QED) is 0.807. The molecule has 1 fully saturated rings. The Kier molecular flexibility index (Phi) is 4.36. The van der Waals surface area contributed by atoms with Crippen LogP contribution in [0.1, 0.15) is 25.5 Å². The summed E-state index contributed by atoms with van der Waals surface area (Å²) in [7, 11) is 3.80. The van der Waals surface area contributed by atoms with Crippen molar-refractivity contribution in [2.24, 2.45) is 0 Å². The number of hydrogen-bond acceptors (Lipinski definition) is 5. The van der Waals surface area contributed by atoms with Crippen molar-refractivity contribution < 1.29 is 4.74 Å². The third kappa shape index (κ3) is 3.66. The summed E-state index contributed by atoms with van der Waals surface area (Å²) in [5, 5.41) is 6.69. The van der Waals surface area contributed by atoms with Crippen molar-refractivity contribution in [3.8, 4) is 0 Å². The molecule has 1 N–H and O–H groups in total. The van der Waals surface area contributed by atoms with Crippen LogP contribution in [0.5, 0.6) is 0 Å². The Morgan fingerprint density at radius 1 is 1.65 bits per heavy atom. The fraction of sp³-hybridized carbons (Fsp3) is 0.750. The number of aromatic nitrogens is 1. The topological polar surface area (TPSA) is 37.4 Å². The second-order valence-corrected chi connectivity index (χ2v) is 5.53. The lowest BCUT2D eigenvalue weighted by molar-refractivity contribution is 0.183. The molecule has 5 heteroatoms. The second kappa shape index (κ2) is 5.80. The summed E-state index contributed by atoms with van der Waals surface area (Å²) >= 11 is 1.70. The highest BCUT2D eigenvalue weighted by Crippen LogP contribution is 2.23. The number of nitrogens with one attached hydrogen (secondary N) is 1. The van der Waals surface area contributed by atoms with Crippen molar-refractivity contribution in [1.29, 1.82) is 0 Å². The highest BCUT2D eigenvalue weighted by Gasteiger charge is 2.20. The maximum Gasteiger partial charge on any atom is 0.185 e. The number of thiazole rings is 1. The highest BCUT2D eigenvalue weighted by atomic mass is 32.1. The second-order valence-electron chi connectivity index (χ2n) is 4.69. The van der Waals surface area contributed by atoms with Crippen LogP contribution in [0.25, 0.3) is 0 Å². The molecule has 1 aromatic rings. The van der Waals surface area contributed by atoms with Gasteiger partial charge in [0.1, 0.15) is 0 Å². The van der Waals surface area contributed by atoms with Crippen molar-refractivity contribution in [1.82, 2.24) is 10.3 Å². The first kappa shape index (κ1) is 12.8. The lowest BCUT2D eigenvalue weighted by atomic mass is 10.3. The van der Waals surface area contributed by atoms with Gasteiger partial charge in [0.2, 0.25) is 0 Å². The minimum atomic E-state index is 0.357. The van der Waals surface area contributed by atoms with Gasteiger partial charge in [0.05, 0.1) is 18.3 Å². The van der Waals surface area contributed by atoms with E-state index >= 15 is 0 Å². The van der Waals surface area contributed by atoms with E-state index in [9.17, 15) is 0 Å². The zero-order chi connectivity index (χ0) is 12.3. The molecular formula is C12H21N3OS. The molecule has 0 radical (unpaired) electrons. The molecule has 2 rings (SSSR count). The van der Waals surface area contributed by atoms with Crippen LogP contribution < -0.4 is 10.2 Å². The molecule has 96 valence electrons. The molecule has 17 heavy (non-hydrogen) atoms. The zero-order valence-corrected chi connectivity index (χ0v) is 11.6. The van der Waals surface area contributed by atoms with Gasteiger partial charge in [0.25, 0.3) is 0 Å². The third-order valence-corrected chi connectivity index (χ3v) is 4.04. The largest absolute Gasteiger partial charge is 0.383 e. The molecule has 1 aliphatic carbocycles. The Balaban J connectivity index is 1.86. The highest BCUT2D eigenvalue weighted by molar-refractivity contribution is 7.13. The predicted molar refractivity (Wildman–Crippen MR) is 71.7 cm³/mol. The van der Waals surface area contributed by atoms with Gasteiger partial charge in [-0.15, -0.1) is 11.3 Å². The Labute approximate surface area is 107 Å². The molecular weight excluding hydrogens is 234 g/mol. The minimum absolute atomic E-state index is 0.357. The molecule has 1 saturated carbocycles. The summed E-state index contributed by atoms with van der Waals surface area (Å²) in [6.07, 6.45) is 2.64. The summed E-state index contributed by atoms with van der Waals surface area (Å²) in [6, 6.07) is 1.10. The van der Waals surface area contributed by atoms with Gasteiger partial charge < -0.3 is 15.0 Å². The lowest BCUT2D eigenvalue weighted by Crippen LogP contribution is -2.32. The molecule has 0 aromatic carbocycles. The van der Waals surface area contributed by atoms with Crippen LogP contribution >= 0.6 is 11.3 Å². The van der Waals surface area contributed by atoms with E-state index in [2.05, 4.69) is 34.6 Å². The van der Waals surface area contributed by atoms with Crippen molar-refractivity contribution in [3.05, 3.63) is 11.1 Å². The van der Waals surface area contributed by atoms with E-state index in [0.717, 1.165) is 30.0 Å². The minimum Gasteiger partial charge on any atom is -0.383 e.